The van der Waals surface area contributed by atoms with Crippen LogP contribution in [0.2, 0.25) is 0 Å². The van der Waals surface area contributed by atoms with Crippen LogP contribution in [0.25, 0.3) is 0 Å². The first kappa shape index (κ1) is 24.1. The van der Waals surface area contributed by atoms with Crippen molar-refractivity contribution in [1.29, 1.82) is 0 Å². The monoisotopic (exact) mass is 471 g/mol. The zero-order chi connectivity index (χ0) is 24.6. The Bertz CT molecular complexity index is 1100. The fourth-order valence-electron chi connectivity index (χ4n) is 3.25. The summed E-state index contributed by atoms with van der Waals surface area (Å²) in [6.07, 6.45) is -3.69. The summed E-state index contributed by atoms with van der Waals surface area (Å²) in [7, 11) is -0.425. The summed E-state index contributed by atoms with van der Waals surface area (Å²) in [5.41, 5.74) is 0.208. The van der Waals surface area contributed by atoms with E-state index in [0.717, 1.165) is 23.3 Å². The third-order valence-corrected chi connectivity index (χ3v) is 6.02. The third kappa shape index (κ3) is 5.37. The van der Waals surface area contributed by atoms with Crippen molar-refractivity contribution in [3.63, 3.8) is 0 Å². The van der Waals surface area contributed by atoms with E-state index >= 15 is 0 Å². The molecule has 0 saturated carbocycles. The molecule has 5 nitrogen and oxygen atoms in total. The standard InChI is InChI=1S/C25H25BF3NO4/c1-23(2)24(3,4)34-26(33-23)19-8-12-20(13-9-19)31-16-17-5-10-21(11-6-17)32-22-14-7-18(15-30-22)25(27,28)29/h5-15H,16H2,1-4H3. The number of halogens is 3. The molecule has 0 N–H and O–H groups in total. The lowest BCUT2D eigenvalue weighted by Crippen LogP contribution is -2.41. The lowest BCUT2D eigenvalue weighted by Gasteiger charge is -2.32. The van der Waals surface area contributed by atoms with Crippen molar-refractivity contribution in [2.45, 2.75) is 51.7 Å². The fraction of sp³-hybridized carbons (Fsp3) is 0.320. The van der Waals surface area contributed by atoms with Gasteiger partial charge in [0.15, 0.2) is 0 Å². The molecule has 1 saturated heterocycles. The van der Waals surface area contributed by atoms with E-state index < -0.39 is 30.1 Å². The first-order chi connectivity index (χ1) is 15.9. The molecular weight excluding hydrogens is 446 g/mol. The number of nitrogens with zero attached hydrogens (tertiary/aromatic N) is 1. The second-order valence-electron chi connectivity index (χ2n) is 9.07. The number of aromatic nitrogens is 1. The topological polar surface area (TPSA) is 49.8 Å². The van der Waals surface area contributed by atoms with E-state index in [9.17, 15) is 13.2 Å². The van der Waals surface area contributed by atoms with Gasteiger partial charge < -0.3 is 18.8 Å². The molecule has 2 heterocycles. The van der Waals surface area contributed by atoms with Crippen LogP contribution in [0.5, 0.6) is 17.4 Å². The van der Waals surface area contributed by atoms with Crippen molar-refractivity contribution in [3.05, 3.63) is 78.0 Å². The Morgan fingerprint density at radius 3 is 1.94 bits per heavy atom. The number of hydrogen-bond acceptors (Lipinski definition) is 5. The smallest absolute Gasteiger partial charge is 0.489 e. The van der Waals surface area contributed by atoms with Crippen LogP contribution < -0.4 is 14.9 Å². The molecule has 1 aromatic heterocycles. The lowest BCUT2D eigenvalue weighted by atomic mass is 9.79. The van der Waals surface area contributed by atoms with E-state index in [0.29, 0.717) is 18.1 Å². The second-order valence-corrected chi connectivity index (χ2v) is 9.07. The zero-order valence-electron chi connectivity index (χ0n) is 19.3. The molecule has 0 bridgehead atoms. The molecule has 0 unspecified atom stereocenters. The summed E-state index contributed by atoms with van der Waals surface area (Å²) in [5.74, 6) is 1.25. The van der Waals surface area contributed by atoms with Gasteiger partial charge in [0.25, 0.3) is 0 Å². The Kier molecular flexibility index (Phi) is 6.35. The molecule has 0 amide bonds. The Morgan fingerprint density at radius 2 is 1.41 bits per heavy atom. The van der Waals surface area contributed by atoms with Crippen LogP contribution in [-0.2, 0) is 22.1 Å². The van der Waals surface area contributed by atoms with Crippen LogP contribution in [0.15, 0.2) is 66.9 Å². The predicted molar refractivity (Wildman–Crippen MR) is 122 cm³/mol. The molecular formula is C25H25BF3NO4. The molecule has 1 fully saturated rings. The largest absolute Gasteiger partial charge is 0.494 e. The maximum atomic E-state index is 12.6. The summed E-state index contributed by atoms with van der Waals surface area (Å²) in [6.45, 7) is 8.40. The molecule has 1 aliphatic heterocycles. The minimum atomic E-state index is -4.43. The van der Waals surface area contributed by atoms with Gasteiger partial charge in [-0.2, -0.15) is 13.2 Å². The molecule has 0 atom stereocenters. The summed E-state index contributed by atoms with van der Waals surface area (Å²) in [4.78, 5) is 3.71. The quantitative estimate of drug-likeness (QED) is 0.428. The Balaban J connectivity index is 1.30. The van der Waals surface area contributed by atoms with Crippen LogP contribution in [-0.4, -0.2) is 23.3 Å². The molecule has 178 valence electrons. The second kappa shape index (κ2) is 8.96. The predicted octanol–water partition coefficient (Wildman–Crippen LogP) is 5.77. The van der Waals surface area contributed by atoms with E-state index in [1.807, 2.05) is 64.1 Å². The van der Waals surface area contributed by atoms with Crippen LogP contribution in [0.4, 0.5) is 13.2 Å². The highest BCUT2D eigenvalue weighted by Gasteiger charge is 2.51. The average molecular weight is 471 g/mol. The molecule has 0 spiro atoms. The van der Waals surface area contributed by atoms with E-state index in [1.54, 1.807) is 12.1 Å². The lowest BCUT2D eigenvalue weighted by molar-refractivity contribution is -0.137. The molecule has 34 heavy (non-hydrogen) atoms. The molecule has 2 aromatic carbocycles. The Morgan fingerprint density at radius 1 is 0.824 bits per heavy atom. The highest BCUT2D eigenvalue weighted by atomic mass is 19.4. The maximum absolute atomic E-state index is 12.6. The summed E-state index contributed by atoms with van der Waals surface area (Å²) >= 11 is 0. The number of pyridine rings is 1. The van der Waals surface area contributed by atoms with Gasteiger partial charge in [-0.15, -0.1) is 0 Å². The fourth-order valence-corrected chi connectivity index (χ4v) is 3.25. The van der Waals surface area contributed by atoms with Gasteiger partial charge in [-0.1, -0.05) is 24.3 Å². The Labute approximate surface area is 197 Å². The van der Waals surface area contributed by atoms with Crippen LogP contribution in [0.3, 0.4) is 0 Å². The van der Waals surface area contributed by atoms with Crippen molar-refractivity contribution >= 4 is 12.6 Å². The van der Waals surface area contributed by atoms with Crippen molar-refractivity contribution in [3.8, 4) is 17.4 Å². The number of benzene rings is 2. The summed E-state index contributed by atoms with van der Waals surface area (Å²) in [5, 5.41) is 0. The van der Waals surface area contributed by atoms with Gasteiger partial charge >= 0.3 is 13.3 Å². The van der Waals surface area contributed by atoms with Gasteiger partial charge in [-0.25, -0.2) is 4.98 Å². The Hall–Kier alpha value is -3.04. The number of hydrogen-bond donors (Lipinski definition) is 0. The average Bonchev–Trinajstić information content (AvgIpc) is 3.00. The van der Waals surface area contributed by atoms with E-state index in [4.69, 9.17) is 18.8 Å². The minimum Gasteiger partial charge on any atom is -0.489 e. The highest BCUT2D eigenvalue weighted by molar-refractivity contribution is 6.62. The van der Waals surface area contributed by atoms with E-state index in [1.165, 1.54) is 6.07 Å². The first-order valence-electron chi connectivity index (χ1n) is 10.8. The van der Waals surface area contributed by atoms with E-state index in [2.05, 4.69) is 4.98 Å². The summed E-state index contributed by atoms with van der Waals surface area (Å²) in [6, 6.07) is 16.8. The maximum Gasteiger partial charge on any atom is 0.494 e. The molecule has 9 heteroatoms. The SMILES string of the molecule is CC1(C)OB(c2ccc(OCc3ccc(Oc4ccc(C(F)(F)F)cn4)cc3)cc2)OC1(C)C. The molecule has 3 aromatic rings. The minimum absolute atomic E-state index is 0.0825. The number of ether oxygens (including phenoxy) is 2. The third-order valence-electron chi connectivity index (χ3n) is 6.02. The van der Waals surface area contributed by atoms with Gasteiger partial charge in [-0.3, -0.25) is 0 Å². The number of rotatable bonds is 6. The summed E-state index contributed by atoms with van der Waals surface area (Å²) < 4.78 is 61.4. The van der Waals surface area contributed by atoms with Crippen LogP contribution >= 0.6 is 0 Å². The normalized spacial score (nSPS) is 17.0. The number of alkyl halides is 3. The molecule has 0 radical (unpaired) electrons. The van der Waals surface area contributed by atoms with Gasteiger partial charge in [0, 0.05) is 12.3 Å². The molecule has 0 aliphatic carbocycles. The van der Waals surface area contributed by atoms with Crippen molar-refractivity contribution in [2.24, 2.45) is 0 Å². The zero-order valence-corrected chi connectivity index (χ0v) is 19.3. The van der Waals surface area contributed by atoms with Gasteiger partial charge in [0.05, 0.1) is 16.8 Å². The van der Waals surface area contributed by atoms with Gasteiger partial charge in [-0.05, 0) is 69.1 Å². The van der Waals surface area contributed by atoms with E-state index in [-0.39, 0.29) is 5.88 Å². The molecule has 1 aliphatic rings. The molecule has 4 rings (SSSR count). The first-order valence-corrected chi connectivity index (χ1v) is 10.8. The highest BCUT2D eigenvalue weighted by Crippen LogP contribution is 2.36. The van der Waals surface area contributed by atoms with Crippen molar-refractivity contribution < 1.29 is 32.0 Å². The van der Waals surface area contributed by atoms with Gasteiger partial charge in [0.1, 0.15) is 18.1 Å². The van der Waals surface area contributed by atoms with Crippen LogP contribution in [0, 0.1) is 0 Å². The van der Waals surface area contributed by atoms with Crippen LogP contribution in [0.1, 0.15) is 38.8 Å². The van der Waals surface area contributed by atoms with Gasteiger partial charge in [0.2, 0.25) is 5.88 Å². The van der Waals surface area contributed by atoms with Crippen molar-refractivity contribution in [1.82, 2.24) is 4.98 Å². The van der Waals surface area contributed by atoms with Crippen molar-refractivity contribution in [2.75, 3.05) is 0 Å².